The molecule has 0 unspecified atom stereocenters. The van der Waals surface area contributed by atoms with E-state index in [1.807, 2.05) is 0 Å². The topological polar surface area (TPSA) is 111 Å². The lowest BCUT2D eigenvalue weighted by molar-refractivity contribution is -0.417. The molecule has 0 saturated carbocycles. The van der Waals surface area contributed by atoms with Gasteiger partial charge in [0.15, 0.2) is 0 Å². The number of nitrogens with zero attached hydrogens (tertiary/aromatic N) is 1. The van der Waals surface area contributed by atoms with Gasteiger partial charge in [-0.3, -0.25) is 29.3 Å². The summed E-state index contributed by atoms with van der Waals surface area (Å²) in [4.78, 5) is 58.2. The smallest absolute Gasteiger partial charge is 0.299 e. The second-order valence-corrected chi connectivity index (χ2v) is 5.94. The van der Waals surface area contributed by atoms with E-state index in [0.717, 1.165) is 13.8 Å². The number of carbonyl (C=O) groups is 4. The number of fused-ring (bicyclic) bond motifs is 1. The fraction of sp³-hybridized carbons (Fsp3) is 0.200. The maximum absolute atomic E-state index is 12.1. The number of ketones is 4. The summed E-state index contributed by atoms with van der Waals surface area (Å²) in [7, 11) is 0. The Morgan fingerprint density at radius 2 is 1.65 bits per heavy atom. The molecule has 1 aliphatic carbocycles. The fourth-order valence-electron chi connectivity index (χ4n) is 2.58. The van der Waals surface area contributed by atoms with Gasteiger partial charge in [0.05, 0.1) is 10.5 Å². The molecule has 0 saturated heterocycles. The summed E-state index contributed by atoms with van der Waals surface area (Å²) < 4.78 is 0.490. The molecule has 0 atom stereocenters. The van der Waals surface area contributed by atoms with E-state index in [1.165, 1.54) is 18.2 Å². The molecule has 1 aromatic rings. The van der Waals surface area contributed by atoms with E-state index in [-0.39, 0.29) is 16.7 Å². The third kappa shape index (κ3) is 2.77. The van der Waals surface area contributed by atoms with Crippen LogP contribution >= 0.6 is 15.9 Å². The van der Waals surface area contributed by atoms with Gasteiger partial charge in [-0.2, -0.15) is 0 Å². The molecule has 0 fully saturated rings. The summed E-state index contributed by atoms with van der Waals surface area (Å²) in [6.07, 6.45) is 0. The molecule has 1 aliphatic rings. The summed E-state index contributed by atoms with van der Waals surface area (Å²) in [6.45, 7) is 2.21. The van der Waals surface area contributed by atoms with Gasteiger partial charge in [-0.15, -0.1) is 0 Å². The molecule has 0 spiro atoms. The average Bonchev–Trinajstić information content (AvgIpc) is 2.43. The number of carbonyl (C=O) groups excluding carboxylic acids is 4. The van der Waals surface area contributed by atoms with E-state index < -0.39 is 39.7 Å². The van der Waals surface area contributed by atoms with E-state index in [2.05, 4.69) is 15.9 Å². The lowest BCUT2D eigenvalue weighted by Crippen LogP contribution is -2.33. The molecule has 23 heavy (non-hydrogen) atoms. The van der Waals surface area contributed by atoms with Crippen LogP contribution in [0.3, 0.4) is 0 Å². The van der Waals surface area contributed by atoms with E-state index >= 15 is 0 Å². The van der Waals surface area contributed by atoms with Crippen LogP contribution in [-0.2, 0) is 14.4 Å². The van der Waals surface area contributed by atoms with Crippen LogP contribution in [0.25, 0.3) is 5.57 Å². The van der Waals surface area contributed by atoms with Crippen molar-refractivity contribution in [3.05, 3.63) is 49.6 Å². The normalized spacial score (nSPS) is 14.1. The minimum atomic E-state index is -1.47. The van der Waals surface area contributed by atoms with Gasteiger partial charge in [-0.05, 0) is 37.6 Å². The summed E-state index contributed by atoms with van der Waals surface area (Å²) >= 11 is 3.17. The van der Waals surface area contributed by atoms with Gasteiger partial charge in [-0.25, -0.2) is 0 Å². The zero-order chi connectivity index (χ0) is 17.5. The van der Waals surface area contributed by atoms with E-state index in [9.17, 15) is 29.3 Å². The first kappa shape index (κ1) is 16.9. The van der Waals surface area contributed by atoms with Gasteiger partial charge in [0, 0.05) is 10.0 Å². The van der Waals surface area contributed by atoms with Crippen LogP contribution < -0.4 is 0 Å². The summed E-state index contributed by atoms with van der Waals surface area (Å²) in [5.41, 5.74) is -1.36. The lowest BCUT2D eigenvalue weighted by atomic mass is 9.78. The van der Waals surface area contributed by atoms with Crippen molar-refractivity contribution in [3.63, 3.8) is 0 Å². The minimum Gasteiger partial charge on any atom is -0.299 e. The molecule has 2 rings (SSSR count). The Morgan fingerprint density at radius 3 is 2.13 bits per heavy atom. The van der Waals surface area contributed by atoms with Crippen LogP contribution in [0.15, 0.2) is 28.4 Å². The quantitative estimate of drug-likeness (QED) is 0.342. The highest BCUT2D eigenvalue weighted by molar-refractivity contribution is 9.10. The number of rotatable bonds is 4. The Labute approximate surface area is 138 Å². The van der Waals surface area contributed by atoms with E-state index in [1.54, 1.807) is 0 Å². The Kier molecular flexibility index (Phi) is 4.37. The largest absolute Gasteiger partial charge is 0.325 e. The highest BCUT2D eigenvalue weighted by atomic mass is 79.9. The van der Waals surface area contributed by atoms with Crippen LogP contribution in [-0.4, -0.2) is 28.1 Å². The third-order valence-electron chi connectivity index (χ3n) is 3.48. The molecule has 0 aliphatic heterocycles. The predicted octanol–water partition coefficient (Wildman–Crippen LogP) is 2.00. The maximum atomic E-state index is 12.1. The van der Waals surface area contributed by atoms with Gasteiger partial charge in [0.2, 0.25) is 5.78 Å². The summed E-state index contributed by atoms with van der Waals surface area (Å²) in [5, 5.41) is 11.3. The molecular weight excluding hydrogens is 370 g/mol. The second kappa shape index (κ2) is 5.96. The third-order valence-corrected chi connectivity index (χ3v) is 3.97. The van der Waals surface area contributed by atoms with Crippen molar-refractivity contribution >= 4 is 44.6 Å². The lowest BCUT2D eigenvalue weighted by Gasteiger charge is -2.21. The molecule has 0 radical (unpaired) electrons. The van der Waals surface area contributed by atoms with Crippen molar-refractivity contribution < 1.29 is 24.1 Å². The molecule has 8 heteroatoms. The van der Waals surface area contributed by atoms with Crippen LogP contribution in [0.5, 0.6) is 0 Å². The Morgan fingerprint density at radius 1 is 1.09 bits per heavy atom. The number of hydrogen-bond donors (Lipinski definition) is 0. The van der Waals surface area contributed by atoms with Gasteiger partial charge >= 0.3 is 11.5 Å². The first-order valence-corrected chi connectivity index (χ1v) is 7.24. The number of hydrogen-bond acceptors (Lipinski definition) is 6. The minimum absolute atomic E-state index is 0.0473. The molecule has 0 N–H and O–H groups in total. The zero-order valence-corrected chi connectivity index (χ0v) is 13.7. The SMILES string of the molecule is CC(=O)C(C(C)=O)C1=C([N+](=O)[O-])C(=O)C(=O)c2ccc(Br)cc21. The first-order chi connectivity index (χ1) is 10.7. The molecule has 0 amide bonds. The number of Topliss-reactive ketones (excluding diaryl/α,β-unsaturated/α-hetero) is 4. The molecule has 0 heterocycles. The van der Waals surface area contributed by atoms with Crippen molar-refractivity contribution in [2.45, 2.75) is 13.8 Å². The standard InChI is InChI=1S/C15H10BrNO6/c1-6(18)11(7(2)19)12-10-5-8(16)3-4-9(10)14(20)15(21)13(12)17(22)23/h3-5,11H,1-2H3. The van der Waals surface area contributed by atoms with Crippen molar-refractivity contribution in [2.75, 3.05) is 0 Å². The predicted molar refractivity (Wildman–Crippen MR) is 82.2 cm³/mol. The zero-order valence-electron chi connectivity index (χ0n) is 12.1. The average molecular weight is 380 g/mol. The Bertz CT molecular complexity index is 809. The van der Waals surface area contributed by atoms with Crippen molar-refractivity contribution in [3.8, 4) is 0 Å². The van der Waals surface area contributed by atoms with Gasteiger partial charge in [0.1, 0.15) is 17.5 Å². The van der Waals surface area contributed by atoms with Gasteiger partial charge < -0.3 is 0 Å². The highest BCUT2D eigenvalue weighted by Crippen LogP contribution is 2.37. The molecule has 0 bridgehead atoms. The highest BCUT2D eigenvalue weighted by Gasteiger charge is 2.45. The van der Waals surface area contributed by atoms with Crippen LogP contribution in [0, 0.1) is 16.0 Å². The first-order valence-electron chi connectivity index (χ1n) is 6.45. The van der Waals surface area contributed by atoms with Crippen LogP contribution in [0.2, 0.25) is 0 Å². The maximum Gasteiger partial charge on any atom is 0.325 e. The van der Waals surface area contributed by atoms with Crippen LogP contribution in [0.4, 0.5) is 0 Å². The molecule has 1 aromatic carbocycles. The van der Waals surface area contributed by atoms with Gasteiger partial charge in [-0.1, -0.05) is 15.9 Å². The van der Waals surface area contributed by atoms with Crippen molar-refractivity contribution in [1.82, 2.24) is 0 Å². The Hall–Kier alpha value is -2.48. The number of nitro groups is 1. The summed E-state index contributed by atoms with van der Waals surface area (Å²) in [5.74, 6) is -5.11. The van der Waals surface area contributed by atoms with Crippen LogP contribution in [0.1, 0.15) is 29.8 Å². The van der Waals surface area contributed by atoms with Crippen molar-refractivity contribution in [1.29, 1.82) is 0 Å². The van der Waals surface area contributed by atoms with E-state index in [4.69, 9.17) is 0 Å². The second-order valence-electron chi connectivity index (χ2n) is 5.02. The molecular formula is C15H10BrNO6. The number of halogens is 1. The van der Waals surface area contributed by atoms with Gasteiger partial charge in [0.25, 0.3) is 0 Å². The molecule has 0 aromatic heterocycles. The monoisotopic (exact) mass is 379 g/mol. The van der Waals surface area contributed by atoms with Crippen molar-refractivity contribution in [2.24, 2.45) is 5.92 Å². The fourth-order valence-corrected chi connectivity index (χ4v) is 2.94. The molecule has 118 valence electrons. The number of benzene rings is 1. The number of allylic oxidation sites excluding steroid dienone is 2. The van der Waals surface area contributed by atoms with E-state index in [0.29, 0.717) is 4.47 Å². The Balaban J connectivity index is 2.95. The molecule has 7 nitrogen and oxygen atoms in total. The summed E-state index contributed by atoms with van der Waals surface area (Å²) in [6, 6.07) is 4.21.